The summed E-state index contributed by atoms with van der Waals surface area (Å²) in [6.45, 7) is 0.286. The first kappa shape index (κ1) is 21.2. The Morgan fingerprint density at radius 1 is 0.875 bits per heavy atom. The molecule has 0 N–H and O–H groups in total. The highest BCUT2D eigenvalue weighted by atomic mass is 19.4. The zero-order valence-corrected chi connectivity index (χ0v) is 16.8. The molecule has 4 rings (SSSR count). The molecule has 0 bridgehead atoms. The number of aromatic nitrogens is 1. The lowest BCUT2D eigenvalue weighted by Crippen LogP contribution is -2.06. The van der Waals surface area contributed by atoms with Crippen LogP contribution >= 0.6 is 0 Å². The predicted octanol–water partition coefficient (Wildman–Crippen LogP) is 6.40. The van der Waals surface area contributed by atoms with Crippen LogP contribution < -0.4 is 9.47 Å². The van der Waals surface area contributed by atoms with Crippen molar-refractivity contribution in [1.82, 2.24) is 4.98 Å². The van der Waals surface area contributed by atoms with E-state index in [2.05, 4.69) is 4.98 Å². The molecule has 32 heavy (non-hydrogen) atoms. The highest BCUT2D eigenvalue weighted by Crippen LogP contribution is 2.37. The van der Waals surface area contributed by atoms with Crippen molar-refractivity contribution in [3.8, 4) is 28.7 Å². The molecule has 0 aliphatic carbocycles. The van der Waals surface area contributed by atoms with Gasteiger partial charge in [-0.2, -0.15) is 18.4 Å². The molecular formula is C25H17F3N2O2. The lowest BCUT2D eigenvalue weighted by molar-refractivity contribution is -0.136. The van der Waals surface area contributed by atoms with Crippen LogP contribution in [-0.2, 0) is 12.8 Å². The molecular weight excluding hydrogens is 417 g/mol. The van der Waals surface area contributed by atoms with Gasteiger partial charge in [-0.15, -0.1) is 0 Å². The number of nitrogens with zero attached hydrogens (tertiary/aromatic N) is 2. The number of ether oxygens (including phenoxy) is 2. The van der Waals surface area contributed by atoms with Gasteiger partial charge in [-0.05, 0) is 53.1 Å². The number of nitriles is 1. The van der Waals surface area contributed by atoms with Gasteiger partial charge in [-0.25, -0.2) is 0 Å². The number of halogens is 3. The summed E-state index contributed by atoms with van der Waals surface area (Å²) in [7, 11) is 0. The van der Waals surface area contributed by atoms with E-state index in [1.807, 2.05) is 24.3 Å². The van der Waals surface area contributed by atoms with E-state index in [-0.39, 0.29) is 12.1 Å². The van der Waals surface area contributed by atoms with Crippen molar-refractivity contribution in [2.45, 2.75) is 12.8 Å². The van der Waals surface area contributed by atoms with Crippen LogP contribution in [0.2, 0.25) is 0 Å². The van der Waals surface area contributed by atoms with Crippen molar-refractivity contribution in [3.63, 3.8) is 0 Å². The Labute approximate surface area is 182 Å². The van der Waals surface area contributed by atoms with Gasteiger partial charge in [-0.1, -0.05) is 36.4 Å². The highest BCUT2D eigenvalue weighted by Gasteiger charge is 2.33. The lowest BCUT2D eigenvalue weighted by Gasteiger charge is -2.13. The molecule has 0 amide bonds. The number of rotatable bonds is 6. The van der Waals surface area contributed by atoms with E-state index in [1.165, 1.54) is 12.3 Å². The van der Waals surface area contributed by atoms with Crippen molar-refractivity contribution in [1.29, 1.82) is 5.26 Å². The van der Waals surface area contributed by atoms with E-state index in [1.54, 1.807) is 42.5 Å². The number of hydrogen-bond acceptors (Lipinski definition) is 4. The van der Waals surface area contributed by atoms with Crippen LogP contribution in [0.1, 0.15) is 11.1 Å². The van der Waals surface area contributed by atoms with Gasteiger partial charge in [-0.3, -0.25) is 4.98 Å². The van der Waals surface area contributed by atoms with Gasteiger partial charge in [0.2, 0.25) is 0 Å². The van der Waals surface area contributed by atoms with Gasteiger partial charge in [0.25, 0.3) is 0 Å². The number of para-hydroxylation sites is 1. The second-order valence-electron chi connectivity index (χ2n) is 6.97. The summed E-state index contributed by atoms with van der Waals surface area (Å²) in [6.07, 6.45) is -3.10. The second kappa shape index (κ2) is 8.98. The standard InChI is InChI=1S/C25H17F3N2O2/c26-25(27,28)23-6-2-5-22-21(11-13-30-24(22)23)18-3-1-4-20(15-18)32-16-17-7-9-19(10-8-17)31-14-12-29/h1-11,13,15H,14,16H2. The molecule has 0 aliphatic heterocycles. The minimum Gasteiger partial charge on any atom is -0.489 e. The normalized spacial score (nSPS) is 11.2. The molecule has 1 heterocycles. The van der Waals surface area contributed by atoms with E-state index < -0.39 is 11.7 Å². The fourth-order valence-electron chi connectivity index (χ4n) is 3.37. The molecule has 0 fully saturated rings. The molecule has 0 saturated heterocycles. The van der Waals surface area contributed by atoms with Crippen LogP contribution in [0.4, 0.5) is 13.2 Å². The number of hydrogen-bond donors (Lipinski definition) is 0. The summed E-state index contributed by atoms with van der Waals surface area (Å²) >= 11 is 0. The average molecular weight is 434 g/mol. The monoisotopic (exact) mass is 434 g/mol. The smallest absolute Gasteiger partial charge is 0.418 e. The number of alkyl halides is 3. The van der Waals surface area contributed by atoms with Gasteiger partial charge in [0.1, 0.15) is 24.2 Å². The Bertz CT molecular complexity index is 1280. The molecule has 160 valence electrons. The van der Waals surface area contributed by atoms with Gasteiger partial charge in [0, 0.05) is 11.6 Å². The van der Waals surface area contributed by atoms with Crippen molar-refractivity contribution < 1.29 is 22.6 Å². The maximum absolute atomic E-state index is 13.4. The molecule has 3 aromatic carbocycles. The summed E-state index contributed by atoms with van der Waals surface area (Å²) in [5.41, 5.74) is 1.44. The van der Waals surface area contributed by atoms with Crippen LogP contribution in [0.3, 0.4) is 0 Å². The first-order chi connectivity index (χ1) is 15.5. The zero-order valence-electron chi connectivity index (χ0n) is 16.8. The molecule has 0 aliphatic rings. The van der Waals surface area contributed by atoms with Crippen LogP contribution in [0.15, 0.2) is 79.0 Å². The Morgan fingerprint density at radius 3 is 2.41 bits per heavy atom. The Balaban J connectivity index is 1.57. The predicted molar refractivity (Wildman–Crippen MR) is 114 cm³/mol. The van der Waals surface area contributed by atoms with Gasteiger partial charge in [0.05, 0.1) is 11.1 Å². The Morgan fingerprint density at radius 2 is 1.66 bits per heavy atom. The van der Waals surface area contributed by atoms with Crippen molar-refractivity contribution >= 4 is 10.9 Å². The summed E-state index contributed by atoms with van der Waals surface area (Å²) in [5, 5.41) is 8.98. The molecule has 1 aromatic heterocycles. The molecule has 0 atom stereocenters. The summed E-state index contributed by atoms with van der Waals surface area (Å²) in [6, 6.07) is 22.1. The van der Waals surface area contributed by atoms with E-state index in [0.29, 0.717) is 29.1 Å². The largest absolute Gasteiger partial charge is 0.489 e. The maximum Gasteiger partial charge on any atom is 0.418 e. The first-order valence-electron chi connectivity index (χ1n) is 9.72. The van der Waals surface area contributed by atoms with Crippen LogP contribution in [0.25, 0.3) is 22.0 Å². The lowest BCUT2D eigenvalue weighted by atomic mass is 9.99. The number of pyridine rings is 1. The molecule has 0 radical (unpaired) electrons. The highest BCUT2D eigenvalue weighted by molar-refractivity contribution is 5.96. The van der Waals surface area contributed by atoms with E-state index in [9.17, 15) is 13.2 Å². The van der Waals surface area contributed by atoms with E-state index >= 15 is 0 Å². The van der Waals surface area contributed by atoms with E-state index in [0.717, 1.165) is 17.2 Å². The summed E-state index contributed by atoms with van der Waals surface area (Å²) in [5.74, 6) is 1.18. The van der Waals surface area contributed by atoms with Crippen molar-refractivity contribution in [3.05, 3.63) is 90.1 Å². The Hall–Kier alpha value is -4.05. The van der Waals surface area contributed by atoms with Gasteiger partial charge >= 0.3 is 6.18 Å². The molecule has 0 unspecified atom stereocenters. The number of fused-ring (bicyclic) bond motifs is 1. The summed E-state index contributed by atoms with van der Waals surface area (Å²) < 4.78 is 51.2. The minimum atomic E-state index is -4.48. The zero-order chi connectivity index (χ0) is 22.6. The van der Waals surface area contributed by atoms with Gasteiger partial charge in [0.15, 0.2) is 6.61 Å². The average Bonchev–Trinajstić information content (AvgIpc) is 2.81. The molecule has 0 saturated carbocycles. The molecule has 4 nitrogen and oxygen atoms in total. The fraction of sp³-hybridized carbons (Fsp3) is 0.120. The van der Waals surface area contributed by atoms with Crippen LogP contribution in [0.5, 0.6) is 11.5 Å². The van der Waals surface area contributed by atoms with Crippen LogP contribution in [-0.4, -0.2) is 11.6 Å². The SMILES string of the molecule is N#CCOc1ccc(COc2cccc(-c3ccnc4c(C(F)(F)F)cccc34)c2)cc1. The summed E-state index contributed by atoms with van der Waals surface area (Å²) in [4.78, 5) is 3.98. The number of benzene rings is 3. The maximum atomic E-state index is 13.4. The van der Waals surface area contributed by atoms with Gasteiger partial charge < -0.3 is 9.47 Å². The third-order valence-corrected chi connectivity index (χ3v) is 4.85. The molecule has 4 aromatic rings. The fourth-order valence-corrected chi connectivity index (χ4v) is 3.37. The third kappa shape index (κ3) is 4.65. The van der Waals surface area contributed by atoms with E-state index in [4.69, 9.17) is 14.7 Å². The molecule has 7 heteroatoms. The third-order valence-electron chi connectivity index (χ3n) is 4.85. The molecule has 0 spiro atoms. The Kier molecular flexibility index (Phi) is 5.95. The topological polar surface area (TPSA) is 55.1 Å². The van der Waals surface area contributed by atoms with Crippen LogP contribution in [0, 0.1) is 11.3 Å². The minimum absolute atomic E-state index is 0.0171. The second-order valence-corrected chi connectivity index (χ2v) is 6.97. The first-order valence-corrected chi connectivity index (χ1v) is 9.72. The quantitative estimate of drug-likeness (QED) is 0.352. The van der Waals surface area contributed by atoms with Crippen molar-refractivity contribution in [2.75, 3.05) is 6.61 Å². The van der Waals surface area contributed by atoms with Crippen molar-refractivity contribution in [2.24, 2.45) is 0 Å².